The first-order chi connectivity index (χ1) is 10.2. The maximum absolute atomic E-state index is 11.5. The fourth-order valence-electron chi connectivity index (χ4n) is 1.78. The smallest absolute Gasteiger partial charge is 0.407 e. The van der Waals surface area contributed by atoms with Crippen molar-refractivity contribution in [2.75, 3.05) is 25.0 Å². The lowest BCUT2D eigenvalue weighted by Gasteiger charge is -2.21. The molecule has 22 heavy (non-hydrogen) atoms. The first-order valence-corrected chi connectivity index (χ1v) is 6.97. The van der Waals surface area contributed by atoms with Crippen LogP contribution in [0.2, 0.25) is 0 Å². The first-order valence-electron chi connectivity index (χ1n) is 6.97. The predicted octanol–water partition coefficient (Wildman–Crippen LogP) is 2.34. The lowest BCUT2D eigenvalue weighted by molar-refractivity contribution is -0.384. The van der Waals surface area contributed by atoms with Crippen molar-refractivity contribution in [1.29, 1.82) is 0 Å². The number of carbonyl (C=O) groups is 1. The van der Waals surface area contributed by atoms with Gasteiger partial charge in [0.05, 0.1) is 4.92 Å². The van der Waals surface area contributed by atoms with Gasteiger partial charge in [-0.05, 0) is 33.3 Å². The molecule has 1 aromatic heterocycles. The summed E-state index contributed by atoms with van der Waals surface area (Å²) in [5, 5.41) is 13.6. The highest BCUT2D eigenvalue weighted by Gasteiger charge is 2.17. The standard InChI is InChI=1S/C14H22N4O4/c1-14(2,3)22-13(19)16-7-5-9-17(4)11-6-8-15-10-12(11)18(20)21/h6,8,10H,5,7,9H2,1-4H3,(H,16,19). The zero-order valence-corrected chi connectivity index (χ0v) is 13.3. The van der Waals surface area contributed by atoms with Crippen LogP contribution in [-0.2, 0) is 4.74 Å². The van der Waals surface area contributed by atoms with E-state index in [9.17, 15) is 14.9 Å². The fraction of sp³-hybridized carbons (Fsp3) is 0.571. The van der Waals surface area contributed by atoms with Crippen LogP contribution >= 0.6 is 0 Å². The Kier molecular flexibility index (Phi) is 6.09. The molecule has 0 aliphatic heterocycles. The Hall–Kier alpha value is -2.38. The molecule has 0 saturated heterocycles. The highest BCUT2D eigenvalue weighted by molar-refractivity contribution is 5.67. The number of hydrogen-bond acceptors (Lipinski definition) is 6. The minimum atomic E-state index is -0.529. The van der Waals surface area contributed by atoms with Crippen molar-refractivity contribution >= 4 is 17.5 Å². The van der Waals surface area contributed by atoms with E-state index >= 15 is 0 Å². The SMILES string of the molecule is CN(CCCNC(=O)OC(C)(C)C)c1ccncc1[N+](=O)[O-]. The van der Waals surface area contributed by atoms with Gasteiger partial charge >= 0.3 is 11.8 Å². The fourth-order valence-corrected chi connectivity index (χ4v) is 1.78. The monoisotopic (exact) mass is 310 g/mol. The molecule has 8 nitrogen and oxygen atoms in total. The first kappa shape index (κ1) is 17.7. The summed E-state index contributed by atoms with van der Waals surface area (Å²) in [6.07, 6.45) is 2.91. The van der Waals surface area contributed by atoms with Gasteiger partial charge in [-0.1, -0.05) is 0 Å². The molecule has 0 spiro atoms. The Morgan fingerprint density at radius 1 is 1.50 bits per heavy atom. The quantitative estimate of drug-likeness (QED) is 0.492. The van der Waals surface area contributed by atoms with Crippen molar-refractivity contribution < 1.29 is 14.5 Å². The molecule has 1 aromatic rings. The average Bonchev–Trinajstić information content (AvgIpc) is 2.41. The summed E-state index contributed by atoms with van der Waals surface area (Å²) >= 11 is 0. The van der Waals surface area contributed by atoms with E-state index in [0.29, 0.717) is 25.2 Å². The minimum absolute atomic E-state index is 0.0369. The van der Waals surface area contributed by atoms with Crippen LogP contribution in [0.5, 0.6) is 0 Å². The molecule has 8 heteroatoms. The zero-order valence-electron chi connectivity index (χ0n) is 13.3. The maximum atomic E-state index is 11.5. The number of hydrogen-bond donors (Lipinski definition) is 1. The van der Waals surface area contributed by atoms with E-state index in [0.717, 1.165) is 0 Å². The van der Waals surface area contributed by atoms with E-state index in [1.165, 1.54) is 12.4 Å². The zero-order chi connectivity index (χ0) is 16.8. The van der Waals surface area contributed by atoms with Crippen molar-refractivity contribution in [1.82, 2.24) is 10.3 Å². The summed E-state index contributed by atoms with van der Waals surface area (Å²) in [6, 6.07) is 1.60. The van der Waals surface area contributed by atoms with Gasteiger partial charge in [0, 0.05) is 26.3 Å². The third kappa shape index (κ3) is 5.94. The number of ether oxygens (including phenoxy) is 1. The average molecular weight is 310 g/mol. The van der Waals surface area contributed by atoms with Gasteiger partial charge in [-0.3, -0.25) is 15.1 Å². The summed E-state index contributed by atoms with van der Waals surface area (Å²) in [7, 11) is 1.76. The van der Waals surface area contributed by atoms with Crippen LogP contribution in [0, 0.1) is 10.1 Å². The van der Waals surface area contributed by atoms with Gasteiger partial charge in [0.25, 0.3) is 0 Å². The number of anilines is 1. The number of rotatable bonds is 6. The molecule has 0 aromatic carbocycles. The molecular formula is C14H22N4O4. The van der Waals surface area contributed by atoms with E-state index < -0.39 is 16.6 Å². The van der Waals surface area contributed by atoms with E-state index in [2.05, 4.69) is 10.3 Å². The Balaban J connectivity index is 2.43. The largest absolute Gasteiger partial charge is 0.444 e. The number of carbonyl (C=O) groups excluding carboxylic acids is 1. The molecule has 0 aliphatic rings. The molecular weight excluding hydrogens is 288 g/mol. The highest BCUT2D eigenvalue weighted by Crippen LogP contribution is 2.25. The molecule has 1 amide bonds. The highest BCUT2D eigenvalue weighted by atomic mass is 16.6. The van der Waals surface area contributed by atoms with Crippen LogP contribution in [0.15, 0.2) is 18.5 Å². The number of alkyl carbamates (subject to hydrolysis) is 1. The molecule has 0 atom stereocenters. The van der Waals surface area contributed by atoms with Crippen LogP contribution in [-0.4, -0.2) is 41.7 Å². The Morgan fingerprint density at radius 3 is 2.77 bits per heavy atom. The van der Waals surface area contributed by atoms with Crippen molar-refractivity contribution in [2.24, 2.45) is 0 Å². The van der Waals surface area contributed by atoms with Gasteiger partial charge in [-0.25, -0.2) is 4.79 Å². The summed E-state index contributed by atoms with van der Waals surface area (Å²) in [4.78, 5) is 27.5. The molecule has 0 saturated carbocycles. The Bertz CT molecular complexity index is 528. The van der Waals surface area contributed by atoms with E-state index in [1.807, 2.05) is 0 Å². The van der Waals surface area contributed by atoms with Crippen LogP contribution in [0.4, 0.5) is 16.2 Å². The third-order valence-electron chi connectivity index (χ3n) is 2.72. The molecule has 1 rings (SSSR count). The molecule has 0 unspecified atom stereocenters. The van der Waals surface area contributed by atoms with Gasteiger partial charge in [-0.15, -0.1) is 0 Å². The predicted molar refractivity (Wildman–Crippen MR) is 83.0 cm³/mol. The van der Waals surface area contributed by atoms with Crippen LogP contribution in [0.3, 0.4) is 0 Å². The number of nitrogens with one attached hydrogen (secondary N) is 1. The van der Waals surface area contributed by atoms with Crippen molar-refractivity contribution in [3.63, 3.8) is 0 Å². The second-order valence-electron chi connectivity index (χ2n) is 5.83. The Labute approximate surface area is 129 Å². The van der Waals surface area contributed by atoms with Crippen LogP contribution < -0.4 is 10.2 Å². The van der Waals surface area contributed by atoms with Gasteiger partial charge in [-0.2, -0.15) is 0 Å². The summed E-state index contributed by atoms with van der Waals surface area (Å²) < 4.78 is 5.12. The maximum Gasteiger partial charge on any atom is 0.407 e. The topological polar surface area (TPSA) is 97.6 Å². The number of amides is 1. The number of nitrogens with zero attached hydrogens (tertiary/aromatic N) is 3. The van der Waals surface area contributed by atoms with Crippen molar-refractivity contribution in [3.05, 3.63) is 28.6 Å². The molecule has 0 bridgehead atoms. The number of nitro groups is 1. The molecule has 1 N–H and O–H groups in total. The number of pyridine rings is 1. The van der Waals surface area contributed by atoms with Crippen molar-refractivity contribution in [2.45, 2.75) is 32.8 Å². The third-order valence-corrected chi connectivity index (χ3v) is 2.72. The van der Waals surface area contributed by atoms with Gasteiger partial charge in [0.15, 0.2) is 0 Å². The minimum Gasteiger partial charge on any atom is -0.444 e. The molecule has 1 heterocycles. The lowest BCUT2D eigenvalue weighted by Crippen LogP contribution is -2.34. The normalized spacial score (nSPS) is 10.9. The van der Waals surface area contributed by atoms with Crippen molar-refractivity contribution in [3.8, 4) is 0 Å². The van der Waals surface area contributed by atoms with Crippen LogP contribution in [0.25, 0.3) is 0 Å². The van der Waals surface area contributed by atoms with Crippen LogP contribution in [0.1, 0.15) is 27.2 Å². The van der Waals surface area contributed by atoms with Gasteiger partial charge in [0.2, 0.25) is 0 Å². The summed E-state index contributed by atoms with van der Waals surface area (Å²) in [5.41, 5.74) is -0.0687. The van der Waals surface area contributed by atoms with E-state index in [4.69, 9.17) is 4.74 Å². The van der Waals surface area contributed by atoms with Gasteiger partial charge < -0.3 is 15.0 Å². The lowest BCUT2D eigenvalue weighted by atomic mass is 10.2. The summed E-state index contributed by atoms with van der Waals surface area (Å²) in [6.45, 7) is 6.37. The molecule has 0 aliphatic carbocycles. The number of aromatic nitrogens is 1. The van der Waals surface area contributed by atoms with E-state index in [-0.39, 0.29) is 5.69 Å². The molecule has 0 radical (unpaired) electrons. The second kappa shape index (κ2) is 7.58. The summed E-state index contributed by atoms with van der Waals surface area (Å²) in [5.74, 6) is 0. The molecule has 122 valence electrons. The van der Waals surface area contributed by atoms with E-state index in [1.54, 1.807) is 38.8 Å². The van der Waals surface area contributed by atoms with Gasteiger partial charge in [0.1, 0.15) is 17.5 Å². The second-order valence-corrected chi connectivity index (χ2v) is 5.83. The Morgan fingerprint density at radius 2 is 2.18 bits per heavy atom. The molecule has 0 fully saturated rings.